The summed E-state index contributed by atoms with van der Waals surface area (Å²) in [5.74, 6) is 1.78. The predicted molar refractivity (Wildman–Crippen MR) is 105 cm³/mol. The van der Waals surface area contributed by atoms with Crippen LogP contribution in [0.15, 0.2) is 48.5 Å². The number of aryl methyl sites for hydroxylation is 2. The number of benzene rings is 2. The van der Waals surface area contributed by atoms with Crippen molar-refractivity contribution in [2.45, 2.75) is 40.0 Å². The van der Waals surface area contributed by atoms with E-state index in [9.17, 15) is 0 Å². The molecule has 2 aromatic carbocycles. The molecule has 0 amide bonds. The molecule has 0 aliphatic heterocycles. The maximum atomic E-state index is 6.09. The van der Waals surface area contributed by atoms with Crippen LogP contribution in [0.4, 0.5) is 0 Å². The van der Waals surface area contributed by atoms with Gasteiger partial charge in [-0.3, -0.25) is 0 Å². The molecule has 0 spiro atoms. The van der Waals surface area contributed by atoms with E-state index >= 15 is 0 Å². The third-order valence-electron chi connectivity index (χ3n) is 3.40. The summed E-state index contributed by atoms with van der Waals surface area (Å²) in [4.78, 5) is 0. The lowest BCUT2D eigenvalue weighted by atomic mass is 10.2. The average molecular weight is 397 g/mol. The average Bonchev–Trinajstić information content (AvgIpc) is 2.52. The highest BCUT2D eigenvalue weighted by Crippen LogP contribution is 2.41. The summed E-state index contributed by atoms with van der Waals surface area (Å²) < 4.78 is 12.2. The summed E-state index contributed by atoms with van der Waals surface area (Å²) in [7, 11) is -0.944. The minimum atomic E-state index is -0.944. The molecule has 0 aromatic heterocycles. The van der Waals surface area contributed by atoms with Crippen molar-refractivity contribution in [3.8, 4) is 11.5 Å². The minimum Gasteiger partial charge on any atom is -0.439 e. The Hall–Kier alpha value is -1.05. The molecule has 126 valence electrons. The molecule has 0 aliphatic rings. The Morgan fingerprint density at radius 2 is 1.17 bits per heavy atom. The second-order valence-corrected chi connectivity index (χ2v) is 7.05. The fourth-order valence-corrected chi connectivity index (χ4v) is 3.45. The Balaban J connectivity index is 0.00000264. The molecule has 0 saturated carbocycles. The zero-order valence-electron chi connectivity index (χ0n) is 14.1. The smallest absolute Gasteiger partial charge is 0.290 e. The summed E-state index contributed by atoms with van der Waals surface area (Å²) in [6, 6.07) is 16.3. The van der Waals surface area contributed by atoms with Gasteiger partial charge in [-0.2, -0.15) is 0 Å². The maximum Gasteiger partial charge on any atom is 0.290 e. The van der Waals surface area contributed by atoms with Crippen LogP contribution >= 0.6 is 25.4 Å². The zero-order valence-corrected chi connectivity index (χ0v) is 16.7. The first-order chi connectivity index (χ1) is 10.7. The summed E-state index contributed by atoms with van der Waals surface area (Å²) in [6.45, 7) is 6.37. The molecule has 4 heteroatoms. The van der Waals surface area contributed by atoms with Crippen molar-refractivity contribution in [3.05, 3.63) is 59.7 Å². The van der Waals surface area contributed by atoms with Gasteiger partial charge in [0.25, 0.3) is 8.38 Å². The fourth-order valence-electron chi connectivity index (χ4n) is 2.03. The van der Waals surface area contributed by atoms with E-state index in [1.165, 1.54) is 24.0 Å². The van der Waals surface area contributed by atoms with Crippen molar-refractivity contribution in [2.24, 2.45) is 0 Å². The molecular formula is C19H26BrO2P. The van der Waals surface area contributed by atoms with Gasteiger partial charge in [0.2, 0.25) is 0 Å². The maximum absolute atomic E-state index is 6.09. The second kappa shape index (κ2) is 10.7. The molecule has 2 rings (SSSR count). The third-order valence-corrected chi connectivity index (χ3v) is 4.91. The second-order valence-electron chi connectivity index (χ2n) is 5.57. The van der Waals surface area contributed by atoms with Gasteiger partial charge in [0.1, 0.15) is 11.5 Å². The first kappa shape index (κ1) is 20.0. The first-order valence-corrected chi connectivity index (χ1v) is 9.30. The molecule has 0 atom stereocenters. The topological polar surface area (TPSA) is 18.5 Å². The Morgan fingerprint density at radius 1 is 0.739 bits per heavy atom. The lowest BCUT2D eigenvalue weighted by Crippen LogP contribution is -2.00. The number of halogens is 1. The van der Waals surface area contributed by atoms with E-state index in [-0.39, 0.29) is 17.0 Å². The van der Waals surface area contributed by atoms with Gasteiger partial charge < -0.3 is 9.05 Å². The van der Waals surface area contributed by atoms with Gasteiger partial charge >= 0.3 is 0 Å². The van der Waals surface area contributed by atoms with E-state index in [4.69, 9.17) is 9.05 Å². The van der Waals surface area contributed by atoms with E-state index < -0.39 is 8.38 Å². The fraction of sp³-hybridized carbons (Fsp3) is 0.368. The van der Waals surface area contributed by atoms with Crippen LogP contribution in [-0.4, -0.2) is 6.16 Å². The molecule has 2 nitrogen and oxygen atoms in total. The Kier molecular flexibility index (Phi) is 9.28. The first-order valence-electron chi connectivity index (χ1n) is 7.94. The quantitative estimate of drug-likeness (QED) is 0.359. The largest absolute Gasteiger partial charge is 0.439 e. The van der Waals surface area contributed by atoms with E-state index in [0.717, 1.165) is 24.1 Å². The summed E-state index contributed by atoms with van der Waals surface area (Å²) >= 11 is 0. The SMILES string of the molecule is Br.CCCCCP(Oc1ccc(C)cc1)Oc1ccc(C)cc1. The lowest BCUT2D eigenvalue weighted by Gasteiger charge is -2.19. The highest BCUT2D eigenvalue weighted by atomic mass is 79.9. The van der Waals surface area contributed by atoms with Crippen molar-refractivity contribution in [1.82, 2.24) is 0 Å². The monoisotopic (exact) mass is 396 g/mol. The third kappa shape index (κ3) is 7.37. The molecule has 23 heavy (non-hydrogen) atoms. The standard InChI is InChI=1S/C19H25O2P.BrH/c1-4-5-6-15-22(20-18-11-7-16(2)8-12-18)21-19-13-9-17(3)10-14-19;/h7-14H,4-6,15H2,1-3H3;1H. The van der Waals surface area contributed by atoms with E-state index in [1.54, 1.807) is 0 Å². The van der Waals surface area contributed by atoms with Gasteiger partial charge in [-0.05, 0) is 44.5 Å². The minimum absolute atomic E-state index is 0. The van der Waals surface area contributed by atoms with Gasteiger partial charge in [-0.15, -0.1) is 17.0 Å². The Morgan fingerprint density at radius 3 is 1.57 bits per heavy atom. The van der Waals surface area contributed by atoms with E-state index in [2.05, 4.69) is 45.0 Å². The zero-order chi connectivity index (χ0) is 15.8. The Bertz CT molecular complexity index is 507. The van der Waals surface area contributed by atoms with E-state index in [0.29, 0.717) is 0 Å². The van der Waals surface area contributed by atoms with Gasteiger partial charge in [-0.25, -0.2) is 0 Å². The number of rotatable bonds is 8. The molecule has 0 N–H and O–H groups in total. The molecule has 2 aromatic rings. The molecule has 0 saturated heterocycles. The predicted octanol–water partition coefficient (Wildman–Crippen LogP) is 6.84. The van der Waals surface area contributed by atoms with Gasteiger partial charge in [-0.1, -0.05) is 55.2 Å². The lowest BCUT2D eigenvalue weighted by molar-refractivity contribution is 0.486. The van der Waals surface area contributed by atoms with Crippen LogP contribution in [0.1, 0.15) is 37.3 Å². The molecule has 0 fully saturated rings. The summed E-state index contributed by atoms with van der Waals surface area (Å²) in [5, 5.41) is 0. The van der Waals surface area contributed by atoms with Crippen LogP contribution in [0.5, 0.6) is 11.5 Å². The van der Waals surface area contributed by atoms with Crippen LogP contribution in [0.25, 0.3) is 0 Å². The van der Waals surface area contributed by atoms with Crippen LogP contribution < -0.4 is 9.05 Å². The van der Waals surface area contributed by atoms with Crippen LogP contribution in [0, 0.1) is 13.8 Å². The summed E-state index contributed by atoms with van der Waals surface area (Å²) in [5.41, 5.74) is 2.48. The Labute approximate surface area is 151 Å². The highest BCUT2D eigenvalue weighted by molar-refractivity contribution is 8.93. The molecular weight excluding hydrogens is 371 g/mol. The molecule has 0 unspecified atom stereocenters. The normalized spacial score (nSPS) is 10.3. The van der Waals surface area contributed by atoms with Crippen molar-refractivity contribution in [1.29, 1.82) is 0 Å². The highest BCUT2D eigenvalue weighted by Gasteiger charge is 2.14. The van der Waals surface area contributed by atoms with Crippen molar-refractivity contribution >= 4 is 25.4 Å². The van der Waals surface area contributed by atoms with Crippen LogP contribution in [-0.2, 0) is 0 Å². The molecule has 0 heterocycles. The van der Waals surface area contributed by atoms with Gasteiger partial charge in [0.05, 0.1) is 0 Å². The van der Waals surface area contributed by atoms with Crippen molar-refractivity contribution < 1.29 is 9.05 Å². The van der Waals surface area contributed by atoms with Crippen molar-refractivity contribution in [3.63, 3.8) is 0 Å². The van der Waals surface area contributed by atoms with Crippen LogP contribution in [0.2, 0.25) is 0 Å². The van der Waals surface area contributed by atoms with Gasteiger partial charge in [0, 0.05) is 6.16 Å². The van der Waals surface area contributed by atoms with Crippen LogP contribution in [0.3, 0.4) is 0 Å². The van der Waals surface area contributed by atoms with E-state index in [1.807, 2.05) is 24.3 Å². The number of unbranched alkanes of at least 4 members (excludes halogenated alkanes) is 2. The number of hydrogen-bond acceptors (Lipinski definition) is 2. The van der Waals surface area contributed by atoms with Crippen molar-refractivity contribution in [2.75, 3.05) is 6.16 Å². The molecule has 0 aliphatic carbocycles. The molecule has 0 radical (unpaired) electrons. The molecule has 0 bridgehead atoms. The van der Waals surface area contributed by atoms with Gasteiger partial charge in [0.15, 0.2) is 0 Å². The number of hydrogen-bond donors (Lipinski definition) is 0. The summed E-state index contributed by atoms with van der Waals surface area (Å²) in [6.07, 6.45) is 4.52.